The number of amides is 2. The third-order valence-corrected chi connectivity index (χ3v) is 7.89. The van der Waals surface area contributed by atoms with Crippen LogP contribution < -0.4 is 10.6 Å². The van der Waals surface area contributed by atoms with Gasteiger partial charge in [0.2, 0.25) is 11.8 Å². The molecule has 0 saturated carbocycles. The van der Waals surface area contributed by atoms with E-state index in [0.29, 0.717) is 6.42 Å². The molecule has 8 heteroatoms. The second kappa shape index (κ2) is 11.9. The topological polar surface area (TPSA) is 104 Å². The van der Waals surface area contributed by atoms with E-state index >= 15 is 0 Å². The van der Waals surface area contributed by atoms with Crippen molar-refractivity contribution in [3.05, 3.63) is 36.0 Å². The molecule has 2 aromatic rings. The Kier molecular flexibility index (Phi) is 9.81. The number of fused-ring (bicyclic) bond motifs is 1. The average Bonchev–Trinajstić information content (AvgIpc) is 3.16. The highest BCUT2D eigenvalue weighted by atomic mass is 16.4. The summed E-state index contributed by atoms with van der Waals surface area (Å²) in [6.07, 6.45) is 2.41. The van der Waals surface area contributed by atoms with E-state index in [4.69, 9.17) is 0 Å². The van der Waals surface area contributed by atoms with Crippen LogP contribution in [0.5, 0.6) is 0 Å². The molecule has 0 aliphatic heterocycles. The van der Waals surface area contributed by atoms with E-state index in [1.165, 1.54) is 0 Å². The van der Waals surface area contributed by atoms with Gasteiger partial charge in [-0.1, -0.05) is 73.6 Å². The minimum Gasteiger partial charge on any atom is -0.481 e. The van der Waals surface area contributed by atoms with Crippen molar-refractivity contribution in [2.24, 2.45) is 24.3 Å². The second-order valence-corrected chi connectivity index (χ2v) is 12.7. The van der Waals surface area contributed by atoms with Gasteiger partial charge in [-0.05, 0) is 36.4 Å². The maximum atomic E-state index is 13.9. The third kappa shape index (κ3) is 6.57. The van der Waals surface area contributed by atoms with Gasteiger partial charge in [0.05, 0.1) is 12.0 Å². The van der Waals surface area contributed by atoms with Crippen molar-refractivity contribution < 1.29 is 19.5 Å². The zero-order valence-electron chi connectivity index (χ0n) is 25.0. The van der Waals surface area contributed by atoms with Gasteiger partial charge in [0, 0.05) is 42.7 Å². The van der Waals surface area contributed by atoms with Gasteiger partial charge in [-0.15, -0.1) is 0 Å². The molecule has 0 aliphatic carbocycles. The number of hydrogen-bond acceptors (Lipinski definition) is 4. The van der Waals surface area contributed by atoms with Crippen LogP contribution in [0.1, 0.15) is 67.4 Å². The Labute approximate surface area is 228 Å². The van der Waals surface area contributed by atoms with Crippen LogP contribution in [0.25, 0.3) is 10.9 Å². The highest BCUT2D eigenvalue weighted by Crippen LogP contribution is 2.35. The lowest BCUT2D eigenvalue weighted by Gasteiger charge is -2.40. The Morgan fingerprint density at radius 2 is 1.61 bits per heavy atom. The highest BCUT2D eigenvalue weighted by molar-refractivity contribution is 5.92. The quantitative estimate of drug-likeness (QED) is 0.406. The number of aromatic nitrogens is 1. The number of carbonyl (C=O) groups excluding carboxylic acids is 2. The molecule has 1 aromatic heterocycles. The lowest BCUT2D eigenvalue weighted by atomic mass is 9.76. The van der Waals surface area contributed by atoms with E-state index in [-0.39, 0.29) is 23.8 Å². The molecule has 4 atom stereocenters. The standard InChI is InChI=1S/C30H48N4O4/c1-18(2)23(16-19(3)28(37)38)34(11)27(36)25(29(4,5)6)32-26(35)24(31-9)30(7,8)21-17-33(10)22-15-13-12-14-20(21)22/h12-15,17-19,23-25,31H,16H2,1-11H3,(H,32,35)(H,37,38)/t19?,23-,24+,25+/m1/s1. The Hall–Kier alpha value is -2.87. The van der Waals surface area contributed by atoms with Crippen molar-refractivity contribution in [3.63, 3.8) is 0 Å². The number of nitrogens with zero attached hydrogens (tertiary/aromatic N) is 2. The third-order valence-electron chi connectivity index (χ3n) is 7.89. The minimum absolute atomic E-state index is 0.0532. The number of nitrogens with one attached hydrogen (secondary N) is 2. The van der Waals surface area contributed by atoms with E-state index < -0.39 is 34.8 Å². The monoisotopic (exact) mass is 528 g/mol. The number of carboxylic acid groups (broad SMARTS) is 1. The maximum Gasteiger partial charge on any atom is 0.306 e. The van der Waals surface area contributed by atoms with Crippen LogP contribution in [0.3, 0.4) is 0 Å². The fraction of sp³-hybridized carbons (Fsp3) is 0.633. The zero-order chi connectivity index (χ0) is 29.2. The number of hydrogen-bond donors (Lipinski definition) is 3. The summed E-state index contributed by atoms with van der Waals surface area (Å²) in [6, 6.07) is 6.45. The number of carboxylic acids is 1. The number of rotatable bonds is 11. The first-order chi connectivity index (χ1) is 17.4. The molecule has 0 bridgehead atoms. The summed E-state index contributed by atoms with van der Waals surface area (Å²) in [5, 5.41) is 16.8. The normalized spacial score (nSPS) is 15.7. The van der Waals surface area contributed by atoms with Gasteiger partial charge in [0.15, 0.2) is 0 Å². The molecule has 0 aliphatic rings. The van der Waals surface area contributed by atoms with Crippen LogP contribution in [-0.4, -0.2) is 64.6 Å². The van der Waals surface area contributed by atoms with Crippen molar-refractivity contribution in [1.82, 2.24) is 20.1 Å². The van der Waals surface area contributed by atoms with E-state index in [2.05, 4.69) is 33.5 Å². The van der Waals surface area contributed by atoms with Crippen molar-refractivity contribution in [2.45, 2.75) is 85.4 Å². The molecule has 0 spiro atoms. The molecule has 0 fully saturated rings. The first-order valence-corrected chi connectivity index (χ1v) is 13.5. The lowest BCUT2D eigenvalue weighted by molar-refractivity contribution is -0.145. The van der Waals surface area contributed by atoms with Crippen LogP contribution in [-0.2, 0) is 26.8 Å². The van der Waals surface area contributed by atoms with E-state index in [0.717, 1.165) is 16.5 Å². The fourth-order valence-electron chi connectivity index (χ4n) is 5.41. The average molecular weight is 529 g/mol. The summed E-state index contributed by atoms with van der Waals surface area (Å²) in [5.74, 6) is -1.90. The molecular weight excluding hydrogens is 480 g/mol. The van der Waals surface area contributed by atoms with Crippen LogP contribution in [0.15, 0.2) is 30.5 Å². The number of aliphatic carboxylic acids is 1. The number of carbonyl (C=O) groups is 3. The Morgan fingerprint density at radius 3 is 2.11 bits per heavy atom. The van der Waals surface area contributed by atoms with Gasteiger partial charge in [-0.25, -0.2) is 0 Å². The number of para-hydroxylation sites is 1. The lowest BCUT2D eigenvalue weighted by Crippen LogP contribution is -2.61. The van der Waals surface area contributed by atoms with Crippen molar-refractivity contribution >= 4 is 28.7 Å². The first kappa shape index (κ1) is 31.3. The maximum absolute atomic E-state index is 13.9. The van der Waals surface area contributed by atoms with E-state index in [9.17, 15) is 19.5 Å². The molecule has 8 nitrogen and oxygen atoms in total. The Balaban J connectivity index is 2.39. The van der Waals surface area contributed by atoms with Crippen LogP contribution in [0, 0.1) is 17.3 Å². The van der Waals surface area contributed by atoms with Crippen molar-refractivity contribution in [2.75, 3.05) is 14.1 Å². The van der Waals surface area contributed by atoms with Gasteiger partial charge < -0.3 is 25.2 Å². The van der Waals surface area contributed by atoms with Gasteiger partial charge in [0.25, 0.3) is 0 Å². The zero-order valence-corrected chi connectivity index (χ0v) is 25.0. The summed E-state index contributed by atoms with van der Waals surface area (Å²) in [6.45, 7) is 15.5. The summed E-state index contributed by atoms with van der Waals surface area (Å²) in [5.41, 5.74) is 0.978. The molecule has 1 unspecified atom stereocenters. The fourth-order valence-corrected chi connectivity index (χ4v) is 5.41. The molecule has 212 valence electrons. The molecule has 2 rings (SSSR count). The Morgan fingerprint density at radius 1 is 1.03 bits per heavy atom. The number of benzene rings is 1. The summed E-state index contributed by atoms with van der Waals surface area (Å²) < 4.78 is 2.07. The minimum atomic E-state index is -0.885. The molecule has 3 N–H and O–H groups in total. The summed E-state index contributed by atoms with van der Waals surface area (Å²) in [4.78, 5) is 40.9. The van der Waals surface area contributed by atoms with Crippen molar-refractivity contribution in [1.29, 1.82) is 0 Å². The number of likely N-dealkylation sites (N-methyl/N-ethyl adjacent to an activating group) is 2. The van der Waals surface area contributed by atoms with E-state index in [1.54, 1.807) is 25.9 Å². The van der Waals surface area contributed by atoms with E-state index in [1.807, 2.05) is 67.6 Å². The van der Waals surface area contributed by atoms with Gasteiger partial charge in [-0.3, -0.25) is 14.4 Å². The van der Waals surface area contributed by atoms with Crippen LogP contribution >= 0.6 is 0 Å². The van der Waals surface area contributed by atoms with Gasteiger partial charge >= 0.3 is 5.97 Å². The SMILES string of the molecule is CN[C@@H](C(=O)N[C@@H](C(=O)N(C)[C@H](CC(C)C(=O)O)C(C)C)C(C)(C)C)C(C)(C)c1cn(C)c2ccccc12. The number of aryl methyl sites for hydroxylation is 1. The van der Waals surface area contributed by atoms with Gasteiger partial charge in [0.1, 0.15) is 6.04 Å². The second-order valence-electron chi connectivity index (χ2n) is 12.7. The van der Waals surface area contributed by atoms with Crippen LogP contribution in [0.4, 0.5) is 0 Å². The predicted octanol–water partition coefficient (Wildman–Crippen LogP) is 4.17. The summed E-state index contributed by atoms with van der Waals surface area (Å²) in [7, 11) is 5.47. The molecule has 1 heterocycles. The molecular formula is C30H48N4O4. The van der Waals surface area contributed by atoms with Gasteiger partial charge in [-0.2, -0.15) is 0 Å². The largest absolute Gasteiger partial charge is 0.481 e. The molecule has 2 amide bonds. The van der Waals surface area contributed by atoms with Crippen LogP contribution in [0.2, 0.25) is 0 Å². The summed E-state index contributed by atoms with van der Waals surface area (Å²) >= 11 is 0. The molecule has 0 saturated heterocycles. The predicted molar refractivity (Wildman–Crippen MR) is 153 cm³/mol. The first-order valence-electron chi connectivity index (χ1n) is 13.5. The smallest absolute Gasteiger partial charge is 0.306 e. The molecule has 38 heavy (non-hydrogen) atoms. The Bertz CT molecular complexity index is 1140. The molecule has 0 radical (unpaired) electrons. The highest BCUT2D eigenvalue weighted by Gasteiger charge is 2.42. The molecule has 1 aromatic carbocycles. The van der Waals surface area contributed by atoms with Crippen molar-refractivity contribution in [3.8, 4) is 0 Å².